The van der Waals surface area contributed by atoms with Gasteiger partial charge in [-0.05, 0) is 13.3 Å². The third-order valence-corrected chi connectivity index (χ3v) is 3.79. The second-order valence-electron chi connectivity index (χ2n) is 3.46. The molecule has 72 valence electrons. The predicted octanol–water partition coefficient (Wildman–Crippen LogP) is 1.16. The van der Waals surface area contributed by atoms with Crippen LogP contribution in [0, 0.1) is 0 Å². The number of hydrogen-bond acceptors (Lipinski definition) is 3. The van der Waals surface area contributed by atoms with Gasteiger partial charge in [0.2, 0.25) is 0 Å². The fourth-order valence-corrected chi connectivity index (χ4v) is 2.79. The van der Waals surface area contributed by atoms with Gasteiger partial charge in [-0.25, -0.2) is 0 Å². The molecule has 0 aromatic carbocycles. The Labute approximate surface area is 79.9 Å². The molecule has 0 bridgehead atoms. The second kappa shape index (κ2) is 5.10. The molecule has 0 saturated carbocycles. The summed E-state index contributed by atoms with van der Waals surface area (Å²) < 4.78 is 0. The molecule has 2 atom stereocenters. The van der Waals surface area contributed by atoms with Crippen molar-refractivity contribution in [1.29, 1.82) is 0 Å². The summed E-state index contributed by atoms with van der Waals surface area (Å²) in [6.45, 7) is 6.59. The molecule has 1 saturated heterocycles. The molecule has 2 unspecified atom stereocenters. The lowest BCUT2D eigenvalue weighted by Crippen LogP contribution is -2.50. The molecule has 2 N–H and O–H groups in total. The third-order valence-electron chi connectivity index (χ3n) is 2.70. The molecule has 0 aliphatic carbocycles. The maximum atomic E-state index is 5.73. The zero-order chi connectivity index (χ0) is 8.97. The predicted molar refractivity (Wildman–Crippen MR) is 56.6 cm³/mol. The van der Waals surface area contributed by atoms with E-state index < -0.39 is 0 Å². The van der Waals surface area contributed by atoms with Crippen molar-refractivity contribution in [3.05, 3.63) is 0 Å². The highest BCUT2D eigenvalue weighted by atomic mass is 32.2. The summed E-state index contributed by atoms with van der Waals surface area (Å²) in [7, 11) is 0. The quantitative estimate of drug-likeness (QED) is 0.721. The summed E-state index contributed by atoms with van der Waals surface area (Å²) in [5, 5.41) is 0. The summed E-state index contributed by atoms with van der Waals surface area (Å²) >= 11 is 2.04. The Hall–Kier alpha value is 0.270. The van der Waals surface area contributed by atoms with Crippen molar-refractivity contribution in [2.45, 2.75) is 32.4 Å². The largest absolute Gasteiger partial charge is 0.329 e. The van der Waals surface area contributed by atoms with Crippen LogP contribution in [-0.4, -0.2) is 41.6 Å². The summed E-state index contributed by atoms with van der Waals surface area (Å²) in [6, 6.07) is 1.33. The van der Waals surface area contributed by atoms with Crippen molar-refractivity contribution >= 4 is 11.8 Å². The minimum atomic E-state index is 0.624. The normalized spacial score (nSPS) is 28.8. The van der Waals surface area contributed by atoms with Crippen LogP contribution in [-0.2, 0) is 0 Å². The molecule has 2 nitrogen and oxygen atoms in total. The fourth-order valence-electron chi connectivity index (χ4n) is 1.69. The highest BCUT2D eigenvalue weighted by molar-refractivity contribution is 7.99. The molecule has 1 rings (SSSR count). The molecule has 1 fully saturated rings. The lowest BCUT2D eigenvalue weighted by atomic mass is 10.1. The SMILES string of the molecule is CCC(C)N1CCSCC1CN. The molecule has 1 aliphatic heterocycles. The summed E-state index contributed by atoms with van der Waals surface area (Å²) in [5.74, 6) is 2.50. The van der Waals surface area contributed by atoms with E-state index in [0.29, 0.717) is 12.1 Å². The molecule has 0 amide bonds. The van der Waals surface area contributed by atoms with Crippen LogP contribution >= 0.6 is 11.8 Å². The Kier molecular flexibility index (Phi) is 4.40. The number of rotatable bonds is 3. The summed E-state index contributed by atoms with van der Waals surface area (Å²) in [5.41, 5.74) is 5.73. The van der Waals surface area contributed by atoms with Gasteiger partial charge in [0.15, 0.2) is 0 Å². The van der Waals surface area contributed by atoms with Gasteiger partial charge in [-0.2, -0.15) is 11.8 Å². The van der Waals surface area contributed by atoms with E-state index in [1.165, 1.54) is 24.5 Å². The minimum absolute atomic E-state index is 0.624. The molecule has 0 aromatic heterocycles. The lowest BCUT2D eigenvalue weighted by molar-refractivity contribution is 0.162. The van der Waals surface area contributed by atoms with Crippen LogP contribution in [0.2, 0.25) is 0 Å². The van der Waals surface area contributed by atoms with Crippen LogP contribution in [0.3, 0.4) is 0 Å². The minimum Gasteiger partial charge on any atom is -0.329 e. The van der Waals surface area contributed by atoms with Crippen LogP contribution in [0.1, 0.15) is 20.3 Å². The van der Waals surface area contributed by atoms with Crippen molar-refractivity contribution in [3.8, 4) is 0 Å². The van der Waals surface area contributed by atoms with Crippen molar-refractivity contribution in [1.82, 2.24) is 4.90 Å². The average molecular weight is 188 g/mol. The first-order valence-corrected chi connectivity index (χ1v) is 5.98. The van der Waals surface area contributed by atoms with E-state index in [1.54, 1.807) is 0 Å². The van der Waals surface area contributed by atoms with Crippen LogP contribution in [0.15, 0.2) is 0 Å². The Morgan fingerprint density at radius 3 is 3.00 bits per heavy atom. The molecular weight excluding hydrogens is 168 g/mol. The van der Waals surface area contributed by atoms with Crippen molar-refractivity contribution in [2.75, 3.05) is 24.6 Å². The maximum absolute atomic E-state index is 5.73. The lowest BCUT2D eigenvalue weighted by Gasteiger charge is -2.38. The van der Waals surface area contributed by atoms with Crippen LogP contribution in [0.25, 0.3) is 0 Å². The Morgan fingerprint density at radius 1 is 1.67 bits per heavy atom. The maximum Gasteiger partial charge on any atom is 0.0312 e. The van der Waals surface area contributed by atoms with E-state index in [1.807, 2.05) is 11.8 Å². The first kappa shape index (κ1) is 10.4. The smallest absolute Gasteiger partial charge is 0.0312 e. The molecule has 1 heterocycles. The number of thioether (sulfide) groups is 1. The van der Waals surface area contributed by atoms with E-state index in [9.17, 15) is 0 Å². The summed E-state index contributed by atoms with van der Waals surface area (Å²) in [4.78, 5) is 2.57. The Balaban J connectivity index is 2.46. The van der Waals surface area contributed by atoms with Gasteiger partial charge in [0, 0.05) is 36.7 Å². The topological polar surface area (TPSA) is 29.3 Å². The Bertz CT molecular complexity index is 130. The van der Waals surface area contributed by atoms with E-state index in [-0.39, 0.29) is 0 Å². The van der Waals surface area contributed by atoms with Gasteiger partial charge in [0.25, 0.3) is 0 Å². The van der Waals surface area contributed by atoms with Gasteiger partial charge in [-0.1, -0.05) is 6.92 Å². The molecule has 1 aliphatic rings. The molecular formula is C9H20N2S. The average Bonchev–Trinajstić information content (AvgIpc) is 2.16. The zero-order valence-electron chi connectivity index (χ0n) is 8.12. The number of nitrogens with two attached hydrogens (primary N) is 1. The second-order valence-corrected chi connectivity index (χ2v) is 4.61. The van der Waals surface area contributed by atoms with Crippen molar-refractivity contribution in [3.63, 3.8) is 0 Å². The molecule has 0 aromatic rings. The van der Waals surface area contributed by atoms with Gasteiger partial charge >= 0.3 is 0 Å². The van der Waals surface area contributed by atoms with E-state index in [2.05, 4.69) is 18.7 Å². The highest BCUT2D eigenvalue weighted by Gasteiger charge is 2.24. The Morgan fingerprint density at radius 2 is 2.42 bits per heavy atom. The van der Waals surface area contributed by atoms with Gasteiger partial charge in [-0.15, -0.1) is 0 Å². The van der Waals surface area contributed by atoms with Crippen LogP contribution < -0.4 is 5.73 Å². The standard InChI is InChI=1S/C9H20N2S/c1-3-8(2)11-4-5-12-7-9(11)6-10/h8-9H,3-7,10H2,1-2H3. The molecule has 0 radical (unpaired) electrons. The van der Waals surface area contributed by atoms with E-state index >= 15 is 0 Å². The van der Waals surface area contributed by atoms with Crippen LogP contribution in [0.5, 0.6) is 0 Å². The van der Waals surface area contributed by atoms with Crippen molar-refractivity contribution in [2.24, 2.45) is 5.73 Å². The summed E-state index contributed by atoms with van der Waals surface area (Å²) in [6.07, 6.45) is 1.24. The monoisotopic (exact) mass is 188 g/mol. The van der Waals surface area contributed by atoms with Gasteiger partial charge in [0.05, 0.1) is 0 Å². The van der Waals surface area contributed by atoms with Gasteiger partial charge in [0.1, 0.15) is 0 Å². The third kappa shape index (κ3) is 2.38. The van der Waals surface area contributed by atoms with Crippen LogP contribution in [0.4, 0.5) is 0 Å². The molecule has 12 heavy (non-hydrogen) atoms. The zero-order valence-corrected chi connectivity index (χ0v) is 8.94. The first-order chi connectivity index (χ1) is 5.79. The van der Waals surface area contributed by atoms with E-state index in [0.717, 1.165) is 6.54 Å². The van der Waals surface area contributed by atoms with Crippen molar-refractivity contribution < 1.29 is 0 Å². The first-order valence-electron chi connectivity index (χ1n) is 4.83. The molecule has 0 spiro atoms. The number of hydrogen-bond donors (Lipinski definition) is 1. The van der Waals surface area contributed by atoms with Gasteiger partial charge in [-0.3, -0.25) is 4.90 Å². The number of nitrogens with zero attached hydrogens (tertiary/aromatic N) is 1. The fraction of sp³-hybridized carbons (Fsp3) is 1.00. The molecule has 3 heteroatoms. The highest BCUT2D eigenvalue weighted by Crippen LogP contribution is 2.19. The van der Waals surface area contributed by atoms with Gasteiger partial charge < -0.3 is 5.73 Å². The van der Waals surface area contributed by atoms with E-state index in [4.69, 9.17) is 5.73 Å².